The van der Waals surface area contributed by atoms with E-state index in [4.69, 9.17) is 5.73 Å². The second-order valence-electron chi connectivity index (χ2n) is 5.07. The van der Waals surface area contributed by atoms with Gasteiger partial charge in [-0.15, -0.1) is 11.3 Å². The zero-order valence-electron chi connectivity index (χ0n) is 10.9. The molecule has 1 aliphatic rings. The summed E-state index contributed by atoms with van der Waals surface area (Å²) in [4.78, 5) is 8.32. The second kappa shape index (κ2) is 5.94. The fourth-order valence-corrected chi connectivity index (χ4v) is 3.58. The van der Waals surface area contributed by atoms with Crippen LogP contribution in [0.2, 0.25) is 0 Å². The molecule has 2 N–H and O–H groups in total. The molecule has 1 aromatic rings. The zero-order chi connectivity index (χ0) is 12.3. The van der Waals surface area contributed by atoms with Gasteiger partial charge in [0.1, 0.15) is 0 Å². The van der Waals surface area contributed by atoms with E-state index >= 15 is 0 Å². The molecular formula is C13H23N3S. The van der Waals surface area contributed by atoms with Gasteiger partial charge in [0, 0.05) is 24.0 Å². The average molecular weight is 253 g/mol. The van der Waals surface area contributed by atoms with Crippen LogP contribution in [-0.2, 0) is 6.42 Å². The van der Waals surface area contributed by atoms with E-state index in [1.165, 1.54) is 30.0 Å². The number of piperidine rings is 1. The summed E-state index contributed by atoms with van der Waals surface area (Å²) in [7, 11) is 0. The van der Waals surface area contributed by atoms with Crippen molar-refractivity contribution in [1.82, 2.24) is 9.88 Å². The van der Waals surface area contributed by atoms with Gasteiger partial charge in [0.05, 0.1) is 11.2 Å². The first kappa shape index (κ1) is 13.0. The van der Waals surface area contributed by atoms with Crippen molar-refractivity contribution in [3.63, 3.8) is 0 Å². The molecule has 1 fully saturated rings. The number of nitrogens with two attached hydrogens (primary N) is 1. The Bertz CT molecular complexity index is 350. The van der Waals surface area contributed by atoms with Gasteiger partial charge >= 0.3 is 0 Å². The summed E-state index contributed by atoms with van der Waals surface area (Å²) >= 11 is 1.78. The van der Waals surface area contributed by atoms with Gasteiger partial charge in [0.15, 0.2) is 0 Å². The van der Waals surface area contributed by atoms with Crippen LogP contribution in [0.1, 0.15) is 30.3 Å². The Hall–Kier alpha value is -0.450. The van der Waals surface area contributed by atoms with Crippen LogP contribution in [0, 0.1) is 12.8 Å². The molecule has 0 saturated carbocycles. The highest BCUT2D eigenvalue weighted by Crippen LogP contribution is 2.23. The van der Waals surface area contributed by atoms with E-state index in [1.807, 2.05) is 5.51 Å². The highest BCUT2D eigenvalue weighted by Gasteiger charge is 2.26. The molecule has 0 amide bonds. The SMILES string of the molecule is Cc1ncsc1CCN1CCCC(C)C1CN. The van der Waals surface area contributed by atoms with Crippen LogP contribution in [0.25, 0.3) is 0 Å². The Morgan fingerprint density at radius 3 is 3.06 bits per heavy atom. The Labute approximate surface area is 108 Å². The van der Waals surface area contributed by atoms with Gasteiger partial charge < -0.3 is 5.73 Å². The van der Waals surface area contributed by atoms with Crippen molar-refractivity contribution in [3.8, 4) is 0 Å². The lowest BCUT2D eigenvalue weighted by Gasteiger charge is -2.39. The first-order valence-corrected chi connectivity index (χ1v) is 7.43. The summed E-state index contributed by atoms with van der Waals surface area (Å²) in [6.45, 7) is 7.58. The highest BCUT2D eigenvalue weighted by atomic mass is 32.1. The molecule has 0 spiro atoms. The van der Waals surface area contributed by atoms with Crippen LogP contribution < -0.4 is 5.73 Å². The molecule has 0 bridgehead atoms. The van der Waals surface area contributed by atoms with Gasteiger partial charge in [0.25, 0.3) is 0 Å². The molecule has 4 heteroatoms. The quantitative estimate of drug-likeness (QED) is 0.893. The summed E-state index contributed by atoms with van der Waals surface area (Å²) in [5, 5.41) is 0. The standard InChI is InChI=1S/C13H23N3S/c1-10-4-3-6-16(12(10)8-14)7-5-13-11(2)15-9-17-13/h9-10,12H,3-8,14H2,1-2H3. The van der Waals surface area contributed by atoms with E-state index in [9.17, 15) is 0 Å². The van der Waals surface area contributed by atoms with E-state index < -0.39 is 0 Å². The lowest BCUT2D eigenvalue weighted by Crippen LogP contribution is -2.49. The summed E-state index contributed by atoms with van der Waals surface area (Å²) in [5.74, 6) is 0.747. The van der Waals surface area contributed by atoms with Crippen molar-refractivity contribution in [2.75, 3.05) is 19.6 Å². The first-order valence-electron chi connectivity index (χ1n) is 6.55. The van der Waals surface area contributed by atoms with Crippen molar-refractivity contribution in [1.29, 1.82) is 0 Å². The van der Waals surface area contributed by atoms with Crippen molar-refractivity contribution >= 4 is 11.3 Å². The molecule has 0 aliphatic carbocycles. The molecule has 3 nitrogen and oxygen atoms in total. The molecule has 2 rings (SSSR count). The second-order valence-corrected chi connectivity index (χ2v) is 6.01. The van der Waals surface area contributed by atoms with Gasteiger partial charge in [-0.3, -0.25) is 4.90 Å². The third-order valence-electron chi connectivity index (χ3n) is 3.94. The molecule has 17 heavy (non-hydrogen) atoms. The van der Waals surface area contributed by atoms with E-state index in [2.05, 4.69) is 23.7 Å². The fraction of sp³-hybridized carbons (Fsp3) is 0.769. The Kier molecular flexibility index (Phi) is 4.54. The molecule has 1 saturated heterocycles. The lowest BCUT2D eigenvalue weighted by atomic mass is 9.90. The largest absolute Gasteiger partial charge is 0.329 e. The maximum Gasteiger partial charge on any atom is 0.0797 e. The van der Waals surface area contributed by atoms with Crippen LogP contribution >= 0.6 is 11.3 Å². The van der Waals surface area contributed by atoms with Gasteiger partial charge in [-0.05, 0) is 38.6 Å². The molecule has 96 valence electrons. The molecular weight excluding hydrogens is 230 g/mol. The van der Waals surface area contributed by atoms with Crippen LogP contribution in [0.4, 0.5) is 0 Å². The van der Waals surface area contributed by atoms with E-state index in [-0.39, 0.29) is 0 Å². The Morgan fingerprint density at radius 1 is 1.59 bits per heavy atom. The number of hydrogen-bond donors (Lipinski definition) is 1. The van der Waals surface area contributed by atoms with Gasteiger partial charge in [-0.2, -0.15) is 0 Å². The Morgan fingerprint density at radius 2 is 2.41 bits per heavy atom. The van der Waals surface area contributed by atoms with E-state index in [0.717, 1.165) is 25.4 Å². The Balaban J connectivity index is 1.91. The predicted molar refractivity (Wildman–Crippen MR) is 73.4 cm³/mol. The van der Waals surface area contributed by atoms with Crippen molar-refractivity contribution in [3.05, 3.63) is 16.1 Å². The van der Waals surface area contributed by atoms with Crippen LogP contribution in [0.5, 0.6) is 0 Å². The molecule has 0 radical (unpaired) electrons. The molecule has 2 heterocycles. The van der Waals surface area contributed by atoms with E-state index in [1.54, 1.807) is 11.3 Å². The number of likely N-dealkylation sites (tertiary alicyclic amines) is 1. The third kappa shape index (κ3) is 3.06. The lowest BCUT2D eigenvalue weighted by molar-refractivity contribution is 0.108. The normalized spacial score (nSPS) is 26.3. The zero-order valence-corrected chi connectivity index (χ0v) is 11.7. The topological polar surface area (TPSA) is 42.2 Å². The maximum atomic E-state index is 5.91. The van der Waals surface area contributed by atoms with Crippen LogP contribution in [0.3, 0.4) is 0 Å². The summed E-state index contributed by atoms with van der Waals surface area (Å²) in [6, 6.07) is 0.581. The minimum absolute atomic E-state index is 0.581. The van der Waals surface area contributed by atoms with Crippen LogP contribution in [-0.4, -0.2) is 35.6 Å². The number of hydrogen-bond acceptors (Lipinski definition) is 4. The van der Waals surface area contributed by atoms with Crippen molar-refractivity contribution in [2.24, 2.45) is 11.7 Å². The van der Waals surface area contributed by atoms with Gasteiger partial charge in [-0.25, -0.2) is 4.98 Å². The minimum Gasteiger partial charge on any atom is -0.329 e. The van der Waals surface area contributed by atoms with Crippen molar-refractivity contribution in [2.45, 2.75) is 39.2 Å². The number of rotatable bonds is 4. The number of thiazole rings is 1. The van der Waals surface area contributed by atoms with Gasteiger partial charge in [0.2, 0.25) is 0 Å². The summed E-state index contributed by atoms with van der Waals surface area (Å²) < 4.78 is 0. The van der Waals surface area contributed by atoms with Crippen molar-refractivity contribution < 1.29 is 0 Å². The molecule has 2 unspecified atom stereocenters. The summed E-state index contributed by atoms with van der Waals surface area (Å²) in [6.07, 6.45) is 3.77. The summed E-state index contributed by atoms with van der Waals surface area (Å²) in [5.41, 5.74) is 9.06. The molecule has 1 aromatic heterocycles. The maximum absolute atomic E-state index is 5.91. The number of nitrogens with zero attached hydrogens (tertiary/aromatic N) is 2. The fourth-order valence-electron chi connectivity index (χ4n) is 2.80. The predicted octanol–water partition coefficient (Wildman–Crippen LogP) is 2.05. The molecule has 2 atom stereocenters. The van der Waals surface area contributed by atoms with Crippen LogP contribution in [0.15, 0.2) is 5.51 Å². The first-order chi connectivity index (χ1) is 8.22. The number of aromatic nitrogens is 1. The van der Waals surface area contributed by atoms with Gasteiger partial charge in [-0.1, -0.05) is 6.92 Å². The van der Waals surface area contributed by atoms with E-state index in [0.29, 0.717) is 6.04 Å². The smallest absolute Gasteiger partial charge is 0.0797 e. The minimum atomic E-state index is 0.581. The number of aryl methyl sites for hydroxylation is 1. The molecule has 0 aromatic carbocycles. The third-order valence-corrected chi connectivity index (χ3v) is 4.94. The molecule has 1 aliphatic heterocycles. The highest BCUT2D eigenvalue weighted by molar-refractivity contribution is 7.09. The average Bonchev–Trinajstić information content (AvgIpc) is 2.72. The monoisotopic (exact) mass is 253 g/mol.